The monoisotopic (exact) mass is 436 g/mol. The summed E-state index contributed by atoms with van der Waals surface area (Å²) in [7, 11) is 0. The Morgan fingerprint density at radius 1 is 1.00 bits per heavy atom. The summed E-state index contributed by atoms with van der Waals surface area (Å²) >= 11 is 0. The van der Waals surface area contributed by atoms with Crippen LogP contribution in [0.25, 0.3) is 21.9 Å². The summed E-state index contributed by atoms with van der Waals surface area (Å²) in [6.45, 7) is 1.05. The highest BCUT2D eigenvalue weighted by Crippen LogP contribution is 2.44. The van der Waals surface area contributed by atoms with Gasteiger partial charge in [0.05, 0.1) is 6.04 Å². The van der Waals surface area contributed by atoms with Crippen LogP contribution in [-0.2, 0) is 4.79 Å². The first-order valence-electron chi connectivity index (χ1n) is 10.4. The third kappa shape index (κ3) is 2.97. The molecule has 2 saturated heterocycles. The summed E-state index contributed by atoms with van der Waals surface area (Å²) in [5.74, 6) is 0.0813. The minimum Gasteiger partial charge on any atom is -0.395 e. The van der Waals surface area contributed by atoms with E-state index in [1.165, 1.54) is 12.1 Å². The van der Waals surface area contributed by atoms with Crippen molar-refractivity contribution in [2.45, 2.75) is 18.8 Å². The Labute approximate surface area is 181 Å². The smallest absolute Gasteiger partial charge is 0.395 e. The van der Waals surface area contributed by atoms with E-state index in [0.717, 1.165) is 16.3 Å². The molecule has 0 saturated carbocycles. The maximum Gasteiger partial charge on any atom is 0.586 e. The van der Waals surface area contributed by atoms with Gasteiger partial charge in [0.2, 0.25) is 5.91 Å². The standard InChI is InChI=1S/C24H18F2N2O4/c25-24(26)31-20-8-5-13(9-21(20)32-24)15-6-7-18(17-4-2-1-3-16(15)17)23(30)28-11-14-10-22(29)27-19(14)12-28/h1-9,14,19H,10-12H2,(H,27,29)/t14-,19+/m0/s1. The lowest BCUT2D eigenvalue weighted by molar-refractivity contribution is -0.286. The van der Waals surface area contributed by atoms with Gasteiger partial charge in [0.15, 0.2) is 11.5 Å². The molecule has 3 aliphatic rings. The number of amides is 2. The molecule has 3 aromatic rings. The predicted octanol–water partition coefficient (Wildman–Crippen LogP) is 3.79. The average Bonchev–Trinajstić information content (AvgIpc) is 3.40. The molecule has 1 N–H and O–H groups in total. The largest absolute Gasteiger partial charge is 0.586 e. The topological polar surface area (TPSA) is 67.9 Å². The lowest BCUT2D eigenvalue weighted by atomic mass is 9.94. The van der Waals surface area contributed by atoms with Gasteiger partial charge in [-0.15, -0.1) is 8.78 Å². The Bertz CT molecular complexity index is 1280. The number of likely N-dealkylation sites (tertiary alicyclic amines) is 1. The van der Waals surface area contributed by atoms with E-state index in [2.05, 4.69) is 14.8 Å². The van der Waals surface area contributed by atoms with E-state index in [-0.39, 0.29) is 35.3 Å². The number of hydrogen-bond acceptors (Lipinski definition) is 4. The van der Waals surface area contributed by atoms with Crippen molar-refractivity contribution >= 4 is 22.6 Å². The minimum atomic E-state index is -3.67. The molecule has 2 amide bonds. The maximum absolute atomic E-state index is 13.4. The average molecular weight is 436 g/mol. The number of ether oxygens (including phenoxy) is 2. The van der Waals surface area contributed by atoms with Crippen molar-refractivity contribution in [1.29, 1.82) is 0 Å². The van der Waals surface area contributed by atoms with Crippen molar-refractivity contribution in [1.82, 2.24) is 10.2 Å². The van der Waals surface area contributed by atoms with Crippen molar-refractivity contribution in [2.75, 3.05) is 13.1 Å². The molecule has 3 aliphatic heterocycles. The maximum atomic E-state index is 13.4. The number of rotatable bonds is 2. The van der Waals surface area contributed by atoms with E-state index < -0.39 is 6.29 Å². The van der Waals surface area contributed by atoms with E-state index >= 15 is 0 Å². The zero-order valence-corrected chi connectivity index (χ0v) is 16.8. The number of nitrogens with zero attached hydrogens (tertiary/aromatic N) is 1. The number of fused-ring (bicyclic) bond motifs is 3. The summed E-state index contributed by atoms with van der Waals surface area (Å²) < 4.78 is 35.9. The summed E-state index contributed by atoms with van der Waals surface area (Å²) in [6.07, 6.45) is -3.22. The van der Waals surface area contributed by atoms with E-state index in [1.54, 1.807) is 17.0 Å². The molecule has 0 aliphatic carbocycles. The Kier molecular flexibility index (Phi) is 3.96. The SMILES string of the molecule is O=C1C[C@H]2CN(C(=O)c3ccc(-c4ccc5c(c4)OC(F)(F)O5)c4ccccc34)C[C@H]2N1. The normalized spacial score (nSPS) is 22.8. The number of carbonyl (C=O) groups excluding carboxylic acids is 2. The van der Waals surface area contributed by atoms with Gasteiger partial charge >= 0.3 is 6.29 Å². The first-order valence-corrected chi connectivity index (χ1v) is 10.4. The van der Waals surface area contributed by atoms with Crippen molar-refractivity contribution in [3.05, 3.63) is 60.2 Å². The van der Waals surface area contributed by atoms with Crippen LogP contribution in [0, 0.1) is 5.92 Å². The first-order chi connectivity index (χ1) is 15.4. The molecule has 2 fully saturated rings. The second kappa shape index (κ2) is 6.66. The Morgan fingerprint density at radius 3 is 2.59 bits per heavy atom. The molecule has 0 unspecified atom stereocenters. The highest BCUT2D eigenvalue weighted by Gasteiger charge is 2.44. The summed E-state index contributed by atoms with van der Waals surface area (Å²) in [6, 6.07) is 15.8. The van der Waals surface area contributed by atoms with Crippen LogP contribution in [-0.4, -0.2) is 42.1 Å². The molecular formula is C24H18F2N2O4. The fraction of sp³-hybridized carbons (Fsp3) is 0.250. The summed E-state index contributed by atoms with van der Waals surface area (Å²) in [5.41, 5.74) is 2.05. The fourth-order valence-electron chi connectivity index (χ4n) is 4.94. The fourth-order valence-corrected chi connectivity index (χ4v) is 4.94. The Balaban J connectivity index is 1.37. The van der Waals surface area contributed by atoms with E-state index in [4.69, 9.17) is 0 Å². The zero-order valence-electron chi connectivity index (χ0n) is 16.8. The van der Waals surface area contributed by atoms with Gasteiger partial charge in [-0.3, -0.25) is 9.59 Å². The molecule has 2 atom stereocenters. The summed E-state index contributed by atoms with van der Waals surface area (Å²) in [5, 5.41) is 4.55. The molecule has 0 bridgehead atoms. The van der Waals surface area contributed by atoms with E-state index in [1.807, 2.05) is 30.3 Å². The third-order valence-electron chi connectivity index (χ3n) is 6.39. The van der Waals surface area contributed by atoms with Gasteiger partial charge in [-0.25, -0.2) is 0 Å². The van der Waals surface area contributed by atoms with Crippen molar-refractivity contribution in [3.8, 4) is 22.6 Å². The van der Waals surface area contributed by atoms with Crippen LogP contribution in [0.15, 0.2) is 54.6 Å². The van der Waals surface area contributed by atoms with Crippen LogP contribution >= 0.6 is 0 Å². The second-order valence-electron chi connectivity index (χ2n) is 8.38. The lowest BCUT2D eigenvalue weighted by Gasteiger charge is -2.19. The van der Waals surface area contributed by atoms with Crippen LogP contribution in [0.1, 0.15) is 16.8 Å². The molecule has 8 heteroatoms. The van der Waals surface area contributed by atoms with Crippen LogP contribution < -0.4 is 14.8 Å². The van der Waals surface area contributed by atoms with Gasteiger partial charge in [0.25, 0.3) is 5.91 Å². The number of carbonyl (C=O) groups is 2. The van der Waals surface area contributed by atoms with Gasteiger partial charge < -0.3 is 19.7 Å². The van der Waals surface area contributed by atoms with Gasteiger partial charge in [-0.1, -0.05) is 36.4 Å². The molecule has 32 heavy (non-hydrogen) atoms. The highest BCUT2D eigenvalue weighted by molar-refractivity contribution is 6.11. The van der Waals surface area contributed by atoms with Gasteiger partial charge in [0, 0.05) is 31.0 Å². The number of hydrogen-bond donors (Lipinski definition) is 1. The number of benzene rings is 3. The highest BCUT2D eigenvalue weighted by atomic mass is 19.3. The molecule has 3 heterocycles. The van der Waals surface area contributed by atoms with Gasteiger partial charge in [-0.2, -0.15) is 0 Å². The molecule has 0 aromatic heterocycles. The lowest BCUT2D eigenvalue weighted by Crippen LogP contribution is -2.35. The Morgan fingerprint density at radius 2 is 1.78 bits per heavy atom. The number of nitrogens with one attached hydrogen (secondary N) is 1. The van der Waals surface area contributed by atoms with Crippen LogP contribution in [0.3, 0.4) is 0 Å². The van der Waals surface area contributed by atoms with E-state index in [9.17, 15) is 18.4 Å². The van der Waals surface area contributed by atoms with Gasteiger partial charge in [-0.05, 0) is 40.1 Å². The molecule has 6 nitrogen and oxygen atoms in total. The van der Waals surface area contributed by atoms with Crippen LogP contribution in [0.2, 0.25) is 0 Å². The molecule has 0 spiro atoms. The number of halogens is 2. The minimum absolute atomic E-state index is 0.0125. The Hall–Kier alpha value is -3.68. The molecule has 162 valence electrons. The van der Waals surface area contributed by atoms with Crippen LogP contribution in [0.5, 0.6) is 11.5 Å². The third-order valence-corrected chi connectivity index (χ3v) is 6.39. The van der Waals surface area contributed by atoms with Crippen LogP contribution in [0.4, 0.5) is 8.78 Å². The van der Waals surface area contributed by atoms with Crippen molar-refractivity contribution < 1.29 is 27.8 Å². The second-order valence-corrected chi connectivity index (χ2v) is 8.38. The van der Waals surface area contributed by atoms with Crippen molar-refractivity contribution in [3.63, 3.8) is 0 Å². The molecule has 3 aromatic carbocycles. The quantitative estimate of drug-likeness (QED) is 0.664. The van der Waals surface area contributed by atoms with E-state index in [0.29, 0.717) is 30.6 Å². The van der Waals surface area contributed by atoms with Gasteiger partial charge in [0.1, 0.15) is 0 Å². The first kappa shape index (κ1) is 19.0. The zero-order chi connectivity index (χ0) is 22.0. The molecule has 6 rings (SSSR count). The predicted molar refractivity (Wildman–Crippen MR) is 112 cm³/mol. The molecular weight excluding hydrogens is 418 g/mol. The summed E-state index contributed by atoms with van der Waals surface area (Å²) in [4.78, 5) is 26.7. The van der Waals surface area contributed by atoms with Crippen molar-refractivity contribution in [2.24, 2.45) is 5.92 Å². The molecule has 0 radical (unpaired) electrons. The number of alkyl halides is 2.